The maximum atomic E-state index is 11.6. The normalized spacial score (nSPS) is 16.5. The smallest absolute Gasteiger partial charge is 0.190 e. The Morgan fingerprint density at radius 1 is 0.400 bits per heavy atom. The van der Waals surface area contributed by atoms with Crippen LogP contribution in [0.5, 0.6) is 0 Å². The van der Waals surface area contributed by atoms with E-state index >= 15 is 0 Å². The van der Waals surface area contributed by atoms with Gasteiger partial charge in [0.05, 0.1) is 0 Å². The van der Waals surface area contributed by atoms with Crippen molar-refractivity contribution in [3.05, 3.63) is 0 Å². The predicted octanol–water partition coefficient (Wildman–Crippen LogP) is 7.61. The van der Waals surface area contributed by atoms with Crippen LogP contribution < -0.4 is 0 Å². The molecule has 1 radical (unpaired) electrons. The van der Waals surface area contributed by atoms with Crippen molar-refractivity contribution >= 4 is 151 Å². The third-order valence-electron chi connectivity index (χ3n) is 1.90. The van der Waals surface area contributed by atoms with Gasteiger partial charge in [0, 0.05) is 0 Å². The molecule has 121 valence electrons. The quantitative estimate of drug-likeness (QED) is 0.322. The van der Waals surface area contributed by atoms with Crippen LogP contribution in [0.1, 0.15) is 0 Å². The molecule has 0 saturated heterocycles. The average Bonchev–Trinajstić information content (AvgIpc) is 2.12. The monoisotopic (exact) mass is 543 g/mol. The Morgan fingerprint density at radius 2 is 0.650 bits per heavy atom. The summed E-state index contributed by atoms with van der Waals surface area (Å²) in [6.07, 6.45) is 0. The van der Waals surface area contributed by atoms with Gasteiger partial charge >= 0.3 is 0 Å². The maximum absolute atomic E-state index is 11.6. The second-order valence-electron chi connectivity index (χ2n) is 3.31. The topological polar surface area (TPSA) is 19.9 Å². The highest BCUT2D eigenvalue weighted by Gasteiger charge is 2.77. The van der Waals surface area contributed by atoms with Gasteiger partial charge in [0.15, 0.2) is 8.67 Å². The molecule has 0 spiro atoms. The van der Waals surface area contributed by atoms with Crippen LogP contribution in [-0.4, -0.2) is 25.6 Å². The fourth-order valence-corrected chi connectivity index (χ4v) is 4.02. The van der Waals surface area contributed by atoms with Crippen molar-refractivity contribution in [2.45, 2.75) is 25.6 Å². The zero-order valence-electron chi connectivity index (χ0n) is 8.32. The highest BCUT2D eigenvalue weighted by Crippen LogP contribution is 2.68. The molecule has 0 atom stereocenters. The van der Waals surface area contributed by atoms with Crippen LogP contribution in [-0.2, 0) is 5.11 Å². The van der Waals surface area contributed by atoms with Crippen molar-refractivity contribution in [3.8, 4) is 0 Å². The van der Waals surface area contributed by atoms with Crippen molar-refractivity contribution in [1.82, 2.24) is 0 Å². The molecule has 0 unspecified atom stereocenters. The third-order valence-corrected chi connectivity index (χ3v) is 9.95. The Morgan fingerprint density at radius 3 is 0.850 bits per heavy atom. The van der Waals surface area contributed by atoms with Gasteiger partial charge in [-0.1, -0.05) is 151 Å². The first kappa shape index (κ1) is 23.7. The summed E-state index contributed by atoms with van der Waals surface area (Å²) in [5.41, 5.74) is 0. The molecule has 20 heavy (non-hydrogen) atoms. The second-order valence-corrected chi connectivity index (χ2v) is 12.2. The SMILES string of the molecule is [O]C(Cl)(Cl)C(Cl)(Cl)C(Cl)(Cl)C(Cl)(Cl)C(Cl)(Cl)C(Cl)(Cl)Cl. The molecule has 0 fully saturated rings. The largest absolute Gasteiger partial charge is 0.286 e. The third kappa shape index (κ3) is 3.93. The van der Waals surface area contributed by atoms with Crippen LogP contribution >= 0.6 is 151 Å². The van der Waals surface area contributed by atoms with E-state index in [1.807, 2.05) is 0 Å². The van der Waals surface area contributed by atoms with E-state index in [9.17, 15) is 5.11 Å². The van der Waals surface area contributed by atoms with E-state index in [-0.39, 0.29) is 0 Å². The standard InChI is InChI=1S/C6Cl13O/c7-1(8,3(11,12)5(15,16)17)2(9,10)4(13,14)6(18,19)20. The minimum absolute atomic E-state index is 2.51. The summed E-state index contributed by atoms with van der Waals surface area (Å²) >= 11 is 73.3. The van der Waals surface area contributed by atoms with Crippen molar-refractivity contribution in [2.75, 3.05) is 0 Å². The van der Waals surface area contributed by atoms with Crippen LogP contribution in [0.3, 0.4) is 0 Å². The van der Waals surface area contributed by atoms with Crippen LogP contribution in [0, 0.1) is 0 Å². The molecule has 0 aliphatic heterocycles. The van der Waals surface area contributed by atoms with E-state index < -0.39 is 25.6 Å². The fourth-order valence-electron chi connectivity index (χ4n) is 0.755. The first-order chi connectivity index (χ1) is 8.25. The molecule has 1 nitrogen and oxygen atoms in total. The maximum Gasteiger partial charge on any atom is 0.286 e. The van der Waals surface area contributed by atoms with Gasteiger partial charge in [-0.05, 0) is 0 Å². The highest BCUT2D eigenvalue weighted by atomic mass is 35.6. The van der Waals surface area contributed by atoms with E-state index in [2.05, 4.69) is 0 Å². The molecule has 0 saturated carbocycles. The molecule has 0 aromatic heterocycles. The average molecular weight is 549 g/mol. The molecule has 0 aromatic carbocycles. The first-order valence-corrected chi connectivity index (χ1v) is 8.82. The van der Waals surface area contributed by atoms with Crippen molar-refractivity contribution in [3.63, 3.8) is 0 Å². The Kier molecular flexibility index (Phi) is 8.07. The Labute approximate surface area is 179 Å². The van der Waals surface area contributed by atoms with Crippen LogP contribution in [0.15, 0.2) is 0 Å². The Hall–Kier alpha value is 3.73. The number of hydrogen-bond donors (Lipinski definition) is 0. The van der Waals surface area contributed by atoms with Crippen LogP contribution in [0.25, 0.3) is 0 Å². The molecule has 0 heterocycles. The summed E-state index contributed by atoms with van der Waals surface area (Å²) in [5, 5.41) is 11.6. The van der Waals surface area contributed by atoms with Gasteiger partial charge in [0.1, 0.15) is 0 Å². The van der Waals surface area contributed by atoms with Crippen LogP contribution in [0.4, 0.5) is 0 Å². The molecule has 0 bridgehead atoms. The molecule has 0 aliphatic carbocycles. The van der Waals surface area contributed by atoms with E-state index in [0.29, 0.717) is 0 Å². The zero-order chi connectivity index (χ0) is 17.0. The van der Waals surface area contributed by atoms with Gasteiger partial charge in [0.2, 0.25) is 12.5 Å². The lowest BCUT2D eigenvalue weighted by Gasteiger charge is -2.49. The van der Waals surface area contributed by atoms with Gasteiger partial charge in [0.25, 0.3) is 4.52 Å². The number of rotatable bonds is 4. The summed E-state index contributed by atoms with van der Waals surface area (Å²) in [5.74, 6) is 0. The molecule has 0 aromatic rings. The summed E-state index contributed by atoms with van der Waals surface area (Å²) in [7, 11) is 0. The molecule has 0 aliphatic rings. The molecular weight excluding hydrogens is 549 g/mol. The molecular formula is C6Cl13O. The van der Waals surface area contributed by atoms with Crippen LogP contribution in [0.2, 0.25) is 0 Å². The number of halogens is 13. The summed E-state index contributed by atoms with van der Waals surface area (Å²) in [6, 6.07) is 0. The minimum Gasteiger partial charge on any atom is -0.190 e. The van der Waals surface area contributed by atoms with Crippen molar-refractivity contribution in [1.29, 1.82) is 0 Å². The van der Waals surface area contributed by atoms with Gasteiger partial charge in [-0.15, -0.1) is 0 Å². The minimum atomic E-state index is -3.17. The summed E-state index contributed by atoms with van der Waals surface area (Å²) in [6.45, 7) is 0. The first-order valence-electron chi connectivity index (χ1n) is 3.91. The highest BCUT2D eigenvalue weighted by molar-refractivity contribution is 6.82. The summed E-state index contributed by atoms with van der Waals surface area (Å²) < 4.78 is -17.0. The Bertz CT molecular complexity index is 324. The van der Waals surface area contributed by atoms with E-state index in [0.717, 1.165) is 0 Å². The number of alkyl halides is 13. The van der Waals surface area contributed by atoms with E-state index in [1.54, 1.807) is 0 Å². The molecule has 14 heteroatoms. The lowest BCUT2D eigenvalue weighted by molar-refractivity contribution is 0.0983. The lowest BCUT2D eigenvalue weighted by Crippen LogP contribution is -2.65. The zero-order valence-corrected chi connectivity index (χ0v) is 18.1. The van der Waals surface area contributed by atoms with Crippen molar-refractivity contribution < 1.29 is 5.11 Å². The molecule has 0 N–H and O–H groups in total. The van der Waals surface area contributed by atoms with Gasteiger partial charge < -0.3 is 0 Å². The molecule has 0 amide bonds. The Balaban J connectivity index is 6.08. The van der Waals surface area contributed by atoms with Crippen molar-refractivity contribution in [2.24, 2.45) is 0 Å². The van der Waals surface area contributed by atoms with Gasteiger partial charge in [-0.25, -0.2) is 0 Å². The summed E-state index contributed by atoms with van der Waals surface area (Å²) in [4.78, 5) is 0. The second kappa shape index (κ2) is 6.80. The van der Waals surface area contributed by atoms with Gasteiger partial charge in [-0.2, -0.15) is 5.11 Å². The molecule has 0 rings (SSSR count). The number of hydrogen-bond acceptors (Lipinski definition) is 0. The predicted molar refractivity (Wildman–Crippen MR) is 93.2 cm³/mol. The van der Waals surface area contributed by atoms with E-state index in [4.69, 9.17) is 151 Å². The van der Waals surface area contributed by atoms with Gasteiger partial charge in [-0.3, -0.25) is 0 Å². The fraction of sp³-hybridized carbons (Fsp3) is 1.00. The van der Waals surface area contributed by atoms with E-state index in [1.165, 1.54) is 0 Å². The lowest BCUT2D eigenvalue weighted by atomic mass is 10.1.